The Balaban J connectivity index is 1.65. The van der Waals surface area contributed by atoms with Crippen LogP contribution < -0.4 is 5.32 Å². The van der Waals surface area contributed by atoms with E-state index in [0.717, 1.165) is 12.6 Å². The lowest BCUT2D eigenvalue weighted by Gasteiger charge is -2.35. The van der Waals surface area contributed by atoms with Gasteiger partial charge in [0.15, 0.2) is 0 Å². The first-order chi connectivity index (χ1) is 8.16. The van der Waals surface area contributed by atoms with Crippen LogP contribution in [0.25, 0.3) is 0 Å². The van der Waals surface area contributed by atoms with E-state index >= 15 is 0 Å². The number of fused-ring (bicyclic) bond motifs is 1. The topological polar surface area (TPSA) is 35.6 Å². The molecule has 17 heavy (non-hydrogen) atoms. The Kier molecular flexibility index (Phi) is 4.40. The Morgan fingerprint density at radius 2 is 2.18 bits per heavy atom. The maximum atomic E-state index is 11.4. The standard InChI is InChI=1S/C13H25N3O/c1-15(2)13(17)5-7-14-11-6-9-16-8-3-4-12(16)10-11/h11-12,14H,3-10H2,1-2H3. The SMILES string of the molecule is CN(C)C(=O)CCNC1CCN2CCCC2C1. The quantitative estimate of drug-likeness (QED) is 0.784. The first-order valence-electron chi connectivity index (χ1n) is 6.84. The van der Waals surface area contributed by atoms with Gasteiger partial charge in [0.25, 0.3) is 0 Å². The fourth-order valence-corrected chi connectivity index (χ4v) is 3.02. The Morgan fingerprint density at radius 3 is 2.94 bits per heavy atom. The van der Waals surface area contributed by atoms with Crippen molar-refractivity contribution >= 4 is 5.91 Å². The molecule has 4 nitrogen and oxygen atoms in total. The summed E-state index contributed by atoms with van der Waals surface area (Å²) >= 11 is 0. The van der Waals surface area contributed by atoms with E-state index in [1.54, 1.807) is 4.90 Å². The molecule has 2 aliphatic rings. The maximum absolute atomic E-state index is 11.4. The summed E-state index contributed by atoms with van der Waals surface area (Å²) in [6.07, 6.45) is 5.88. The molecule has 0 aliphatic carbocycles. The fourth-order valence-electron chi connectivity index (χ4n) is 3.02. The van der Waals surface area contributed by atoms with Crippen molar-refractivity contribution in [2.75, 3.05) is 33.7 Å². The number of piperidine rings is 1. The zero-order chi connectivity index (χ0) is 12.3. The largest absolute Gasteiger partial charge is 0.349 e. The molecular formula is C13H25N3O. The summed E-state index contributed by atoms with van der Waals surface area (Å²) in [5, 5.41) is 3.55. The molecule has 0 saturated carbocycles. The molecule has 4 heteroatoms. The second-order valence-corrected chi connectivity index (χ2v) is 5.55. The van der Waals surface area contributed by atoms with E-state index in [1.165, 1.54) is 38.8 Å². The average Bonchev–Trinajstić information content (AvgIpc) is 2.75. The number of rotatable bonds is 4. The number of nitrogens with zero attached hydrogens (tertiary/aromatic N) is 2. The summed E-state index contributed by atoms with van der Waals surface area (Å²) in [6.45, 7) is 3.37. The molecule has 2 heterocycles. The fraction of sp³-hybridized carbons (Fsp3) is 0.923. The summed E-state index contributed by atoms with van der Waals surface area (Å²) in [5.74, 6) is 0.218. The molecule has 2 unspecified atom stereocenters. The van der Waals surface area contributed by atoms with E-state index in [2.05, 4.69) is 10.2 Å². The Hall–Kier alpha value is -0.610. The Labute approximate surface area is 104 Å². The molecule has 0 aromatic rings. The van der Waals surface area contributed by atoms with Crippen molar-refractivity contribution in [1.82, 2.24) is 15.1 Å². The van der Waals surface area contributed by atoms with Gasteiger partial charge in [0.1, 0.15) is 0 Å². The van der Waals surface area contributed by atoms with Crippen molar-refractivity contribution in [1.29, 1.82) is 0 Å². The smallest absolute Gasteiger partial charge is 0.223 e. The molecule has 1 amide bonds. The van der Waals surface area contributed by atoms with Gasteiger partial charge in [-0.1, -0.05) is 0 Å². The molecule has 0 bridgehead atoms. The highest BCUT2D eigenvalue weighted by atomic mass is 16.2. The molecule has 0 spiro atoms. The van der Waals surface area contributed by atoms with Gasteiger partial charge in [-0.3, -0.25) is 4.79 Å². The lowest BCUT2D eigenvalue weighted by atomic mass is 9.97. The van der Waals surface area contributed by atoms with Gasteiger partial charge in [0.05, 0.1) is 0 Å². The van der Waals surface area contributed by atoms with Crippen LogP contribution in [-0.2, 0) is 4.79 Å². The van der Waals surface area contributed by atoms with Crippen molar-refractivity contribution in [3.8, 4) is 0 Å². The lowest BCUT2D eigenvalue weighted by Crippen LogP contribution is -2.46. The number of hydrogen-bond donors (Lipinski definition) is 1. The molecule has 0 aromatic heterocycles. The zero-order valence-corrected chi connectivity index (χ0v) is 11.1. The van der Waals surface area contributed by atoms with Crippen molar-refractivity contribution in [3.63, 3.8) is 0 Å². The van der Waals surface area contributed by atoms with Crippen LogP contribution in [0.3, 0.4) is 0 Å². The van der Waals surface area contributed by atoms with Crippen LogP contribution >= 0.6 is 0 Å². The number of nitrogens with one attached hydrogen (secondary N) is 1. The molecule has 1 N–H and O–H groups in total. The highest BCUT2D eigenvalue weighted by Gasteiger charge is 2.31. The normalized spacial score (nSPS) is 29.1. The monoisotopic (exact) mass is 239 g/mol. The van der Waals surface area contributed by atoms with Gasteiger partial charge < -0.3 is 15.1 Å². The third-order valence-corrected chi connectivity index (χ3v) is 4.09. The molecule has 2 fully saturated rings. The van der Waals surface area contributed by atoms with Crippen LogP contribution in [0.4, 0.5) is 0 Å². The third-order valence-electron chi connectivity index (χ3n) is 4.09. The number of hydrogen-bond acceptors (Lipinski definition) is 3. The summed E-state index contributed by atoms with van der Waals surface area (Å²) in [5.41, 5.74) is 0. The van der Waals surface area contributed by atoms with Gasteiger partial charge in [-0.2, -0.15) is 0 Å². The summed E-state index contributed by atoms with van der Waals surface area (Å²) in [7, 11) is 3.64. The minimum atomic E-state index is 0.218. The first-order valence-corrected chi connectivity index (χ1v) is 6.84. The number of amides is 1. The van der Waals surface area contributed by atoms with Gasteiger partial charge in [-0.15, -0.1) is 0 Å². The molecule has 98 valence electrons. The van der Waals surface area contributed by atoms with Gasteiger partial charge in [-0.25, -0.2) is 0 Å². The van der Waals surface area contributed by atoms with Crippen LogP contribution in [-0.4, -0.2) is 61.5 Å². The summed E-state index contributed by atoms with van der Waals surface area (Å²) in [4.78, 5) is 15.7. The predicted octanol–water partition coefficient (Wildman–Crippen LogP) is 0.681. The van der Waals surface area contributed by atoms with Crippen LogP contribution in [0.1, 0.15) is 32.1 Å². The summed E-state index contributed by atoms with van der Waals surface area (Å²) < 4.78 is 0. The second kappa shape index (κ2) is 5.83. The molecule has 2 saturated heterocycles. The molecule has 0 aromatic carbocycles. The van der Waals surface area contributed by atoms with Crippen molar-refractivity contribution in [2.45, 2.75) is 44.2 Å². The van der Waals surface area contributed by atoms with E-state index in [9.17, 15) is 4.79 Å². The molecule has 2 atom stereocenters. The predicted molar refractivity (Wildman–Crippen MR) is 68.9 cm³/mol. The van der Waals surface area contributed by atoms with Gasteiger partial charge >= 0.3 is 0 Å². The van der Waals surface area contributed by atoms with E-state index in [-0.39, 0.29) is 5.91 Å². The zero-order valence-electron chi connectivity index (χ0n) is 11.1. The van der Waals surface area contributed by atoms with E-state index in [4.69, 9.17) is 0 Å². The van der Waals surface area contributed by atoms with Gasteiger partial charge in [-0.05, 0) is 38.8 Å². The number of carbonyl (C=O) groups is 1. The van der Waals surface area contributed by atoms with Crippen molar-refractivity contribution < 1.29 is 4.79 Å². The van der Waals surface area contributed by atoms with Crippen LogP contribution in [0.5, 0.6) is 0 Å². The number of carbonyl (C=O) groups excluding carboxylic acids is 1. The van der Waals surface area contributed by atoms with E-state index in [0.29, 0.717) is 12.5 Å². The maximum Gasteiger partial charge on any atom is 0.223 e. The van der Waals surface area contributed by atoms with Crippen LogP contribution in [0, 0.1) is 0 Å². The van der Waals surface area contributed by atoms with E-state index < -0.39 is 0 Å². The highest BCUT2D eigenvalue weighted by molar-refractivity contribution is 5.75. The van der Waals surface area contributed by atoms with Gasteiger partial charge in [0, 0.05) is 39.1 Å². The van der Waals surface area contributed by atoms with E-state index in [1.807, 2.05) is 14.1 Å². The second-order valence-electron chi connectivity index (χ2n) is 5.55. The van der Waals surface area contributed by atoms with Crippen LogP contribution in [0.2, 0.25) is 0 Å². The molecule has 0 radical (unpaired) electrons. The molecule has 2 rings (SSSR count). The average molecular weight is 239 g/mol. The Morgan fingerprint density at radius 1 is 1.35 bits per heavy atom. The van der Waals surface area contributed by atoms with Crippen molar-refractivity contribution in [3.05, 3.63) is 0 Å². The molecule has 2 aliphatic heterocycles. The summed E-state index contributed by atoms with van der Waals surface area (Å²) in [6, 6.07) is 1.44. The minimum absolute atomic E-state index is 0.218. The lowest BCUT2D eigenvalue weighted by molar-refractivity contribution is -0.128. The van der Waals surface area contributed by atoms with Crippen molar-refractivity contribution in [2.24, 2.45) is 0 Å². The minimum Gasteiger partial charge on any atom is -0.349 e. The van der Waals surface area contributed by atoms with Gasteiger partial charge in [0.2, 0.25) is 5.91 Å². The third kappa shape index (κ3) is 3.42. The van der Waals surface area contributed by atoms with Crippen LogP contribution in [0.15, 0.2) is 0 Å². The highest BCUT2D eigenvalue weighted by Crippen LogP contribution is 2.26. The first kappa shape index (κ1) is 12.8. The Bertz CT molecular complexity index is 267. The molecular weight excluding hydrogens is 214 g/mol.